The summed E-state index contributed by atoms with van der Waals surface area (Å²) in [5.74, 6) is -0.280. The lowest BCUT2D eigenvalue weighted by molar-refractivity contribution is -0.141. The van der Waals surface area contributed by atoms with Crippen molar-refractivity contribution in [1.29, 1.82) is 0 Å². The maximum atomic E-state index is 11.1. The molecular weight excluding hydrogens is 218 g/mol. The molecule has 0 bridgehead atoms. The number of carbonyl (C=O) groups excluding carboxylic acids is 1. The highest BCUT2D eigenvalue weighted by molar-refractivity contribution is 5.97. The van der Waals surface area contributed by atoms with Crippen LogP contribution in [0, 0.1) is 0 Å². The molecule has 4 heteroatoms. The van der Waals surface area contributed by atoms with E-state index in [0.29, 0.717) is 18.9 Å². The van der Waals surface area contributed by atoms with Crippen LogP contribution in [0.3, 0.4) is 0 Å². The van der Waals surface area contributed by atoms with E-state index in [0.717, 1.165) is 5.56 Å². The molecule has 0 aromatic heterocycles. The van der Waals surface area contributed by atoms with Gasteiger partial charge in [0.25, 0.3) is 0 Å². The minimum Gasteiger partial charge on any atom is -0.466 e. The van der Waals surface area contributed by atoms with Gasteiger partial charge in [-0.05, 0) is 19.4 Å². The van der Waals surface area contributed by atoms with Crippen molar-refractivity contribution in [3.63, 3.8) is 0 Å². The average Bonchev–Trinajstić information content (AvgIpc) is 2.30. The summed E-state index contributed by atoms with van der Waals surface area (Å²) in [6.45, 7) is 4.30. The number of benzene rings is 1. The first-order chi connectivity index (χ1) is 8.22. The Labute approximate surface area is 101 Å². The van der Waals surface area contributed by atoms with Gasteiger partial charge in [-0.3, -0.25) is 4.79 Å². The molecule has 1 aromatic rings. The van der Waals surface area contributed by atoms with Gasteiger partial charge in [0.2, 0.25) is 0 Å². The molecule has 0 N–H and O–H groups in total. The fraction of sp³-hybridized carbons (Fsp3) is 0.385. The minimum atomic E-state index is -0.280. The van der Waals surface area contributed by atoms with Crippen molar-refractivity contribution in [1.82, 2.24) is 0 Å². The summed E-state index contributed by atoms with van der Waals surface area (Å²) >= 11 is 0. The molecule has 1 rings (SSSR count). The van der Waals surface area contributed by atoms with Gasteiger partial charge >= 0.3 is 5.97 Å². The first-order valence-corrected chi connectivity index (χ1v) is 5.57. The third-order valence-electron chi connectivity index (χ3n) is 2.00. The molecule has 0 amide bonds. The third kappa shape index (κ3) is 5.70. The molecule has 0 fully saturated rings. The number of carbonyl (C=O) groups is 1. The molecule has 0 unspecified atom stereocenters. The van der Waals surface area contributed by atoms with Crippen molar-refractivity contribution in [3.8, 4) is 0 Å². The summed E-state index contributed by atoms with van der Waals surface area (Å²) < 4.78 is 4.80. The maximum Gasteiger partial charge on any atom is 0.311 e. The summed E-state index contributed by atoms with van der Waals surface area (Å²) in [7, 11) is 0. The number of oxime groups is 1. The molecule has 0 radical (unpaired) electrons. The van der Waals surface area contributed by atoms with Crippen LogP contribution in [0.15, 0.2) is 35.5 Å². The Morgan fingerprint density at radius 3 is 2.65 bits per heavy atom. The number of esters is 1. The van der Waals surface area contributed by atoms with Gasteiger partial charge in [-0.1, -0.05) is 35.5 Å². The van der Waals surface area contributed by atoms with Crippen LogP contribution in [0.2, 0.25) is 0 Å². The van der Waals surface area contributed by atoms with Gasteiger partial charge in [0, 0.05) is 0 Å². The normalized spacial score (nSPS) is 11.1. The van der Waals surface area contributed by atoms with Crippen LogP contribution in [0.1, 0.15) is 25.8 Å². The number of ether oxygens (including phenoxy) is 1. The maximum absolute atomic E-state index is 11.1. The van der Waals surface area contributed by atoms with E-state index >= 15 is 0 Å². The standard InChI is InChI=1S/C13H17NO3/c1-3-16-13(15)9-11(2)14-17-10-12-7-5-4-6-8-12/h4-8H,3,9-10H2,1-2H3/b14-11+. The number of rotatable bonds is 6. The van der Waals surface area contributed by atoms with Gasteiger partial charge in [-0.25, -0.2) is 0 Å². The Bertz CT molecular complexity index is 374. The molecular formula is C13H17NO3. The van der Waals surface area contributed by atoms with Crippen LogP contribution in [0.4, 0.5) is 0 Å². The van der Waals surface area contributed by atoms with E-state index in [1.165, 1.54) is 0 Å². The van der Waals surface area contributed by atoms with Crippen LogP contribution in [-0.2, 0) is 21.0 Å². The van der Waals surface area contributed by atoms with E-state index in [9.17, 15) is 4.79 Å². The van der Waals surface area contributed by atoms with Crippen molar-refractivity contribution in [2.24, 2.45) is 5.16 Å². The molecule has 0 heterocycles. The van der Waals surface area contributed by atoms with Gasteiger partial charge in [-0.15, -0.1) is 0 Å². The highest BCUT2D eigenvalue weighted by atomic mass is 16.6. The quantitative estimate of drug-likeness (QED) is 0.432. The SMILES string of the molecule is CCOC(=O)C/C(C)=N/OCc1ccccc1. The zero-order chi connectivity index (χ0) is 12.5. The van der Waals surface area contributed by atoms with E-state index in [1.807, 2.05) is 30.3 Å². The molecule has 0 aliphatic heterocycles. The summed E-state index contributed by atoms with van der Waals surface area (Å²) in [5.41, 5.74) is 1.65. The molecule has 0 saturated heterocycles. The summed E-state index contributed by atoms with van der Waals surface area (Å²) in [5, 5.41) is 3.86. The molecule has 0 saturated carbocycles. The second-order valence-electron chi connectivity index (χ2n) is 3.57. The molecule has 92 valence electrons. The molecule has 4 nitrogen and oxygen atoms in total. The van der Waals surface area contributed by atoms with Crippen LogP contribution in [0.5, 0.6) is 0 Å². The molecule has 0 spiro atoms. The topological polar surface area (TPSA) is 47.9 Å². The Balaban J connectivity index is 2.31. The van der Waals surface area contributed by atoms with E-state index in [-0.39, 0.29) is 12.4 Å². The monoisotopic (exact) mass is 235 g/mol. The summed E-state index contributed by atoms with van der Waals surface area (Å²) in [4.78, 5) is 16.3. The zero-order valence-electron chi connectivity index (χ0n) is 10.2. The third-order valence-corrected chi connectivity index (χ3v) is 2.00. The van der Waals surface area contributed by atoms with Gasteiger partial charge in [0.15, 0.2) is 0 Å². The van der Waals surface area contributed by atoms with Crippen LogP contribution >= 0.6 is 0 Å². The second kappa shape index (κ2) is 7.44. The molecule has 1 aromatic carbocycles. The van der Waals surface area contributed by atoms with E-state index in [4.69, 9.17) is 9.57 Å². The first-order valence-electron chi connectivity index (χ1n) is 5.57. The van der Waals surface area contributed by atoms with Crippen LogP contribution in [0.25, 0.3) is 0 Å². The van der Waals surface area contributed by atoms with Crippen molar-refractivity contribution >= 4 is 11.7 Å². The molecule has 0 aliphatic rings. The van der Waals surface area contributed by atoms with Crippen molar-refractivity contribution in [2.75, 3.05) is 6.61 Å². The van der Waals surface area contributed by atoms with Gasteiger partial charge in [0.05, 0.1) is 18.7 Å². The Morgan fingerprint density at radius 2 is 2.00 bits per heavy atom. The summed E-state index contributed by atoms with van der Waals surface area (Å²) in [6.07, 6.45) is 0.169. The largest absolute Gasteiger partial charge is 0.466 e. The Kier molecular flexibility index (Phi) is 5.79. The predicted molar refractivity (Wildman–Crippen MR) is 65.6 cm³/mol. The fourth-order valence-corrected chi connectivity index (χ4v) is 1.24. The first kappa shape index (κ1) is 13.2. The highest BCUT2D eigenvalue weighted by Crippen LogP contribution is 2.01. The van der Waals surface area contributed by atoms with Gasteiger partial charge in [0.1, 0.15) is 6.61 Å². The number of hydrogen-bond donors (Lipinski definition) is 0. The van der Waals surface area contributed by atoms with Gasteiger partial charge < -0.3 is 9.57 Å². The van der Waals surface area contributed by atoms with Crippen molar-refractivity contribution < 1.29 is 14.4 Å². The lowest BCUT2D eigenvalue weighted by Crippen LogP contribution is -2.09. The number of hydrogen-bond acceptors (Lipinski definition) is 4. The fourth-order valence-electron chi connectivity index (χ4n) is 1.24. The molecule has 0 atom stereocenters. The van der Waals surface area contributed by atoms with Crippen molar-refractivity contribution in [3.05, 3.63) is 35.9 Å². The van der Waals surface area contributed by atoms with E-state index in [1.54, 1.807) is 13.8 Å². The van der Waals surface area contributed by atoms with Gasteiger partial charge in [-0.2, -0.15) is 0 Å². The Morgan fingerprint density at radius 1 is 1.29 bits per heavy atom. The second-order valence-corrected chi connectivity index (χ2v) is 3.57. The molecule has 17 heavy (non-hydrogen) atoms. The van der Waals surface area contributed by atoms with Crippen LogP contribution in [-0.4, -0.2) is 18.3 Å². The van der Waals surface area contributed by atoms with E-state index in [2.05, 4.69) is 5.16 Å². The lowest BCUT2D eigenvalue weighted by Gasteiger charge is -2.02. The zero-order valence-corrected chi connectivity index (χ0v) is 10.2. The minimum absolute atomic E-state index is 0.169. The number of nitrogens with zero attached hydrogens (tertiary/aromatic N) is 1. The van der Waals surface area contributed by atoms with Crippen molar-refractivity contribution in [2.45, 2.75) is 26.9 Å². The summed E-state index contributed by atoms with van der Waals surface area (Å²) in [6, 6.07) is 9.73. The van der Waals surface area contributed by atoms with E-state index < -0.39 is 0 Å². The smallest absolute Gasteiger partial charge is 0.311 e. The highest BCUT2D eigenvalue weighted by Gasteiger charge is 2.04. The van der Waals surface area contributed by atoms with Crippen LogP contribution < -0.4 is 0 Å². The lowest BCUT2D eigenvalue weighted by atomic mass is 10.2. The predicted octanol–water partition coefficient (Wildman–Crippen LogP) is 2.53. The molecule has 0 aliphatic carbocycles. The Hall–Kier alpha value is -1.84. The average molecular weight is 235 g/mol.